The highest BCUT2D eigenvalue weighted by Gasteiger charge is 2.36. The molecule has 0 radical (unpaired) electrons. The van der Waals surface area contributed by atoms with Gasteiger partial charge in [-0.05, 0) is 66.7 Å². The second-order valence-corrected chi connectivity index (χ2v) is 8.43. The van der Waals surface area contributed by atoms with Crippen molar-refractivity contribution in [2.75, 3.05) is 0 Å². The van der Waals surface area contributed by atoms with Gasteiger partial charge in [-0.25, -0.2) is 5.10 Å². The van der Waals surface area contributed by atoms with E-state index in [1.807, 2.05) is 18.2 Å². The average molecular weight is 411 g/mol. The van der Waals surface area contributed by atoms with E-state index in [0.717, 1.165) is 22.6 Å². The van der Waals surface area contributed by atoms with E-state index in [0.29, 0.717) is 34.1 Å². The number of hydrogen-bond donors (Lipinski definition) is 1. The van der Waals surface area contributed by atoms with Crippen molar-refractivity contribution in [2.24, 2.45) is 11.0 Å². The quantitative estimate of drug-likeness (QED) is 0.409. The fourth-order valence-corrected chi connectivity index (χ4v) is 3.59. The van der Waals surface area contributed by atoms with Gasteiger partial charge in [-0.2, -0.15) is 14.9 Å². The molecule has 1 aliphatic rings. The number of aromatic amines is 1. The Morgan fingerprint density at radius 2 is 2.17 bits per heavy atom. The Morgan fingerprint density at radius 1 is 1.38 bits per heavy atom. The molecule has 0 bridgehead atoms. The van der Waals surface area contributed by atoms with Crippen molar-refractivity contribution in [3.05, 3.63) is 63.6 Å². The first kappa shape index (κ1) is 19.6. The van der Waals surface area contributed by atoms with Gasteiger partial charge >= 0.3 is 0 Å². The largest absolute Gasteiger partial charge is 0.485 e. The van der Waals surface area contributed by atoms with E-state index in [-0.39, 0.29) is 6.61 Å². The summed E-state index contributed by atoms with van der Waals surface area (Å²) in [6.07, 6.45) is 2.85. The van der Waals surface area contributed by atoms with Crippen LogP contribution >= 0.6 is 12.2 Å². The monoisotopic (exact) mass is 410 g/mol. The number of benzene rings is 1. The van der Waals surface area contributed by atoms with Gasteiger partial charge in [0.25, 0.3) is 0 Å². The summed E-state index contributed by atoms with van der Waals surface area (Å²) in [5.41, 5.74) is 2.32. The molecule has 1 aliphatic carbocycles. The molecule has 29 heavy (non-hydrogen) atoms. The van der Waals surface area contributed by atoms with Crippen molar-refractivity contribution in [1.29, 1.82) is 0 Å². The fourth-order valence-electron chi connectivity index (χ4n) is 3.39. The highest BCUT2D eigenvalue weighted by atomic mass is 32.1. The Hall–Kier alpha value is -2.67. The summed E-state index contributed by atoms with van der Waals surface area (Å²) in [4.78, 5) is 0. The number of nitrogens with zero attached hydrogens (tertiary/aromatic N) is 3. The van der Waals surface area contributed by atoms with Gasteiger partial charge in [-0.3, -0.25) is 0 Å². The summed E-state index contributed by atoms with van der Waals surface area (Å²) in [5.74, 6) is 4.81. The minimum Gasteiger partial charge on any atom is -0.485 e. The van der Waals surface area contributed by atoms with Crippen LogP contribution in [0.4, 0.5) is 0 Å². The predicted molar refractivity (Wildman–Crippen MR) is 115 cm³/mol. The maximum atomic E-state index is 6.08. The third kappa shape index (κ3) is 4.34. The van der Waals surface area contributed by atoms with Gasteiger partial charge in [0.1, 0.15) is 23.9 Å². The van der Waals surface area contributed by atoms with Gasteiger partial charge in [-0.15, -0.1) is 0 Å². The highest BCUT2D eigenvalue weighted by Crippen LogP contribution is 2.47. The molecular weight excluding hydrogens is 384 g/mol. The predicted octanol–water partition coefficient (Wildman–Crippen LogP) is 5.55. The van der Waals surface area contributed by atoms with Crippen LogP contribution in [0.1, 0.15) is 67.5 Å². The van der Waals surface area contributed by atoms with E-state index < -0.39 is 0 Å². The first-order valence-corrected chi connectivity index (χ1v) is 10.4. The summed E-state index contributed by atoms with van der Waals surface area (Å²) in [7, 11) is 0. The van der Waals surface area contributed by atoms with Crippen LogP contribution in [0.5, 0.6) is 5.75 Å². The lowest BCUT2D eigenvalue weighted by molar-refractivity contribution is 0.286. The van der Waals surface area contributed by atoms with Gasteiger partial charge in [-0.1, -0.05) is 32.9 Å². The summed E-state index contributed by atoms with van der Waals surface area (Å²) in [5, 5.41) is 11.5. The van der Waals surface area contributed by atoms with Crippen molar-refractivity contribution in [2.45, 2.75) is 52.6 Å². The Kier molecular flexibility index (Phi) is 5.41. The van der Waals surface area contributed by atoms with Gasteiger partial charge < -0.3 is 9.15 Å². The number of H-pyrrole nitrogens is 1. The molecule has 152 valence electrons. The lowest BCUT2D eigenvalue weighted by Gasteiger charge is -2.14. The maximum absolute atomic E-state index is 6.08. The third-order valence-electron chi connectivity index (χ3n) is 5.29. The normalized spacial score (nSPS) is 18.7. The molecule has 0 amide bonds. The molecule has 2 atom stereocenters. The summed E-state index contributed by atoms with van der Waals surface area (Å²) < 4.78 is 13.9. The van der Waals surface area contributed by atoms with E-state index >= 15 is 0 Å². The Labute approximate surface area is 175 Å². The van der Waals surface area contributed by atoms with Crippen LogP contribution in [0, 0.1) is 17.6 Å². The molecular formula is C22H26N4O2S. The van der Waals surface area contributed by atoms with Crippen molar-refractivity contribution >= 4 is 18.4 Å². The summed E-state index contributed by atoms with van der Waals surface area (Å²) in [6.45, 7) is 8.85. The molecule has 1 saturated carbocycles. The molecule has 7 heteroatoms. The number of nitrogens with one attached hydrogen (secondary N) is 1. The third-order valence-corrected chi connectivity index (χ3v) is 5.55. The van der Waals surface area contributed by atoms with Crippen LogP contribution in [0.3, 0.4) is 0 Å². The molecule has 2 heterocycles. The minimum atomic E-state index is 0.261. The molecule has 0 saturated heterocycles. The van der Waals surface area contributed by atoms with E-state index in [1.54, 1.807) is 10.9 Å². The van der Waals surface area contributed by atoms with Crippen LogP contribution in [0.25, 0.3) is 0 Å². The lowest BCUT2D eigenvalue weighted by Crippen LogP contribution is -2.06. The maximum Gasteiger partial charge on any atom is 0.216 e. The number of furan rings is 1. The molecule has 0 aliphatic heterocycles. The van der Waals surface area contributed by atoms with Gasteiger partial charge in [0.2, 0.25) is 4.77 Å². The zero-order valence-corrected chi connectivity index (χ0v) is 18.0. The van der Waals surface area contributed by atoms with E-state index in [2.05, 4.69) is 55.1 Å². The number of aryl methyl sites for hydroxylation is 1. The molecule has 4 rings (SSSR count). The van der Waals surface area contributed by atoms with Gasteiger partial charge in [0, 0.05) is 5.92 Å². The first-order valence-electron chi connectivity index (χ1n) is 9.96. The second-order valence-electron chi connectivity index (χ2n) is 8.05. The number of rotatable bonds is 7. The molecule has 1 fully saturated rings. The van der Waals surface area contributed by atoms with Crippen LogP contribution < -0.4 is 4.74 Å². The zero-order chi connectivity index (χ0) is 20.5. The number of aromatic nitrogens is 3. The van der Waals surface area contributed by atoms with Crippen molar-refractivity contribution < 1.29 is 9.15 Å². The van der Waals surface area contributed by atoms with Crippen LogP contribution in [0.15, 0.2) is 39.9 Å². The molecule has 3 aromatic rings. The van der Waals surface area contributed by atoms with E-state index in [1.165, 1.54) is 6.42 Å². The minimum absolute atomic E-state index is 0.261. The topological polar surface area (TPSA) is 68.3 Å². The smallest absolute Gasteiger partial charge is 0.216 e. The summed E-state index contributed by atoms with van der Waals surface area (Å²) >= 11 is 5.32. The van der Waals surface area contributed by atoms with Crippen molar-refractivity contribution in [3.63, 3.8) is 0 Å². The van der Waals surface area contributed by atoms with Crippen molar-refractivity contribution in [1.82, 2.24) is 14.9 Å². The SMILES string of the molecule is Cc1ccc(C(C)C)c(OCc2n[nH]c(=S)n2/N=C\c2ccc([C@@H]3C[C@@H]3C)o2)c1. The Bertz CT molecular complexity index is 1090. The molecule has 1 aromatic carbocycles. The fraction of sp³-hybridized carbons (Fsp3) is 0.409. The van der Waals surface area contributed by atoms with E-state index in [9.17, 15) is 0 Å². The summed E-state index contributed by atoms with van der Waals surface area (Å²) in [6, 6.07) is 10.2. The zero-order valence-electron chi connectivity index (χ0n) is 17.2. The number of ether oxygens (including phenoxy) is 1. The Morgan fingerprint density at radius 3 is 2.90 bits per heavy atom. The first-order chi connectivity index (χ1) is 13.9. The van der Waals surface area contributed by atoms with Crippen molar-refractivity contribution in [3.8, 4) is 5.75 Å². The molecule has 1 N–H and O–H groups in total. The van der Waals surface area contributed by atoms with Gasteiger partial charge in [0.15, 0.2) is 5.82 Å². The van der Waals surface area contributed by atoms with Crippen LogP contribution in [-0.2, 0) is 6.61 Å². The van der Waals surface area contributed by atoms with Crippen LogP contribution in [-0.4, -0.2) is 21.1 Å². The Balaban J connectivity index is 1.50. The molecule has 0 unspecified atom stereocenters. The average Bonchev–Trinajstić information content (AvgIpc) is 3.08. The van der Waals surface area contributed by atoms with Gasteiger partial charge in [0.05, 0.1) is 6.21 Å². The highest BCUT2D eigenvalue weighted by molar-refractivity contribution is 7.71. The van der Waals surface area contributed by atoms with E-state index in [4.69, 9.17) is 21.4 Å². The molecule has 6 nitrogen and oxygen atoms in total. The standard InChI is InChI=1S/C22H26N4O2S/c1-13(2)17-7-5-14(3)9-20(17)27-12-21-24-25-22(29)26(21)23-11-16-6-8-19(28-16)18-10-15(18)4/h5-9,11,13,15,18H,10,12H2,1-4H3,(H,25,29)/b23-11-/t15-,18+/m0/s1. The second kappa shape index (κ2) is 7.99. The molecule has 2 aromatic heterocycles. The number of hydrogen-bond acceptors (Lipinski definition) is 5. The van der Waals surface area contributed by atoms with Crippen LogP contribution in [0.2, 0.25) is 0 Å². The molecule has 0 spiro atoms. The lowest BCUT2D eigenvalue weighted by atomic mass is 10.0.